The first-order valence-electron chi connectivity index (χ1n) is 9.52. The van der Waals surface area contributed by atoms with Crippen LogP contribution in [0.1, 0.15) is 44.5 Å². The van der Waals surface area contributed by atoms with E-state index < -0.39 is 27.7 Å². The van der Waals surface area contributed by atoms with Gasteiger partial charge in [-0.25, -0.2) is 8.42 Å². The van der Waals surface area contributed by atoms with Crippen molar-refractivity contribution in [3.05, 3.63) is 29.8 Å². The summed E-state index contributed by atoms with van der Waals surface area (Å²) in [7, 11) is -3.64. The van der Waals surface area contributed by atoms with Crippen LogP contribution in [0.5, 0.6) is 0 Å². The van der Waals surface area contributed by atoms with Gasteiger partial charge in [-0.1, -0.05) is 13.8 Å². The van der Waals surface area contributed by atoms with E-state index >= 15 is 0 Å². The summed E-state index contributed by atoms with van der Waals surface area (Å²) in [6, 6.07) is 5.23. The van der Waals surface area contributed by atoms with Gasteiger partial charge in [0.05, 0.1) is 4.90 Å². The van der Waals surface area contributed by atoms with Crippen molar-refractivity contribution in [1.82, 2.24) is 20.5 Å². The Kier molecular flexibility index (Phi) is 7.37. The molecule has 1 aromatic rings. The average molecular weight is 425 g/mol. The third-order valence-corrected chi connectivity index (χ3v) is 6.35. The number of nitrogens with zero attached hydrogens (tertiary/aromatic N) is 1. The molecular weight excluding hydrogens is 396 g/mol. The van der Waals surface area contributed by atoms with Crippen molar-refractivity contribution in [1.29, 1.82) is 0 Å². The first-order valence-corrected chi connectivity index (χ1v) is 11.0. The van der Waals surface area contributed by atoms with Gasteiger partial charge in [0.25, 0.3) is 5.91 Å². The molecule has 29 heavy (non-hydrogen) atoms. The van der Waals surface area contributed by atoms with E-state index in [2.05, 4.69) is 10.7 Å². The predicted molar refractivity (Wildman–Crippen MR) is 107 cm³/mol. The third-order valence-electron chi connectivity index (χ3n) is 4.51. The van der Waals surface area contributed by atoms with Gasteiger partial charge < -0.3 is 5.32 Å². The molecule has 0 radical (unpaired) electrons. The molecule has 0 aromatic heterocycles. The normalized spacial score (nSPS) is 20.2. The summed E-state index contributed by atoms with van der Waals surface area (Å²) in [4.78, 5) is 35.3. The highest BCUT2D eigenvalue weighted by molar-refractivity contribution is 7.89. The molecule has 0 unspecified atom stereocenters. The largest absolute Gasteiger partial charge is 0.346 e. The van der Waals surface area contributed by atoms with Crippen molar-refractivity contribution >= 4 is 27.7 Å². The van der Waals surface area contributed by atoms with Gasteiger partial charge in [0.1, 0.15) is 0 Å². The minimum Gasteiger partial charge on any atom is -0.346 e. The van der Waals surface area contributed by atoms with Crippen LogP contribution >= 0.6 is 0 Å². The van der Waals surface area contributed by atoms with Crippen LogP contribution in [-0.4, -0.2) is 49.6 Å². The van der Waals surface area contributed by atoms with Crippen molar-refractivity contribution in [3.8, 4) is 0 Å². The fourth-order valence-corrected chi connectivity index (χ4v) is 4.98. The average Bonchev–Trinajstić information content (AvgIpc) is 2.64. The minimum atomic E-state index is -3.64. The molecule has 0 bridgehead atoms. The Morgan fingerprint density at radius 1 is 0.966 bits per heavy atom. The number of hydrogen-bond acceptors (Lipinski definition) is 5. The van der Waals surface area contributed by atoms with E-state index in [1.54, 1.807) is 13.8 Å². The standard InChI is InChI=1S/C19H28N4O5S/c1-12(2)20-18(25)19(26)22-21-17(24)15-5-7-16(8-6-15)29(27,28)23-10-13(3)9-14(4)11-23/h5-8,12-14H,9-11H2,1-4H3,(H,20,25)(H,21,24)(H,22,26)/t13-,14-/m1/s1. The topological polar surface area (TPSA) is 125 Å². The van der Waals surface area contributed by atoms with Gasteiger partial charge >= 0.3 is 11.8 Å². The molecule has 1 aliphatic heterocycles. The summed E-state index contributed by atoms with van der Waals surface area (Å²) in [5.41, 5.74) is 4.29. The van der Waals surface area contributed by atoms with Crippen LogP contribution in [0.25, 0.3) is 0 Å². The van der Waals surface area contributed by atoms with Crippen LogP contribution in [0.15, 0.2) is 29.2 Å². The van der Waals surface area contributed by atoms with Crippen LogP contribution in [0.2, 0.25) is 0 Å². The Hall–Kier alpha value is -2.46. The number of hydrogen-bond donors (Lipinski definition) is 3. The molecule has 160 valence electrons. The molecule has 2 atom stereocenters. The number of sulfonamides is 1. The Labute approximate surface area is 171 Å². The highest BCUT2D eigenvalue weighted by Crippen LogP contribution is 2.26. The number of rotatable bonds is 4. The maximum absolute atomic E-state index is 12.9. The van der Waals surface area contributed by atoms with E-state index in [-0.39, 0.29) is 28.3 Å². The molecule has 1 aliphatic rings. The molecular formula is C19H28N4O5S. The lowest BCUT2D eigenvalue weighted by molar-refractivity contribution is -0.139. The van der Waals surface area contributed by atoms with E-state index in [0.29, 0.717) is 13.1 Å². The molecule has 0 aliphatic carbocycles. The van der Waals surface area contributed by atoms with E-state index in [9.17, 15) is 22.8 Å². The molecule has 0 spiro atoms. The lowest BCUT2D eigenvalue weighted by Crippen LogP contribution is -2.49. The SMILES string of the molecule is CC(C)NC(=O)C(=O)NNC(=O)c1ccc(S(=O)(=O)N2C[C@H](C)C[C@@H](C)C2)cc1. The summed E-state index contributed by atoms with van der Waals surface area (Å²) < 4.78 is 27.2. The number of hydrazine groups is 1. The molecule has 9 nitrogen and oxygen atoms in total. The van der Waals surface area contributed by atoms with Gasteiger partial charge in [-0.15, -0.1) is 0 Å². The van der Waals surface area contributed by atoms with Gasteiger partial charge in [-0.3, -0.25) is 25.2 Å². The number of benzene rings is 1. The molecule has 0 saturated carbocycles. The second-order valence-corrected chi connectivity index (χ2v) is 9.77. The van der Waals surface area contributed by atoms with E-state index in [0.717, 1.165) is 6.42 Å². The quantitative estimate of drug-likeness (QED) is 0.483. The van der Waals surface area contributed by atoms with Gasteiger partial charge in [-0.2, -0.15) is 4.31 Å². The fourth-order valence-electron chi connectivity index (χ4n) is 3.30. The van der Waals surface area contributed by atoms with E-state index in [1.165, 1.54) is 28.6 Å². The van der Waals surface area contributed by atoms with Crippen molar-refractivity contribution in [2.75, 3.05) is 13.1 Å². The summed E-state index contributed by atoms with van der Waals surface area (Å²) in [5, 5.41) is 2.39. The lowest BCUT2D eigenvalue weighted by atomic mass is 9.94. The predicted octanol–water partition coefficient (Wildman–Crippen LogP) is 0.639. The molecule has 2 rings (SSSR count). The summed E-state index contributed by atoms with van der Waals surface area (Å²) in [5.74, 6) is -1.96. The number of carbonyl (C=O) groups is 3. The summed E-state index contributed by atoms with van der Waals surface area (Å²) in [6.45, 7) is 8.40. The molecule has 1 saturated heterocycles. The zero-order chi connectivity index (χ0) is 21.8. The number of piperidine rings is 1. The first-order chi connectivity index (χ1) is 13.5. The van der Waals surface area contributed by atoms with Gasteiger partial charge in [0, 0.05) is 24.7 Å². The molecule has 1 fully saturated rings. The monoisotopic (exact) mass is 424 g/mol. The molecule has 1 heterocycles. The molecule has 10 heteroatoms. The number of nitrogens with one attached hydrogen (secondary N) is 3. The fraction of sp³-hybridized carbons (Fsp3) is 0.526. The number of amides is 3. The minimum absolute atomic E-state index is 0.107. The first kappa shape index (κ1) is 22.8. The zero-order valence-electron chi connectivity index (χ0n) is 17.1. The Morgan fingerprint density at radius 3 is 2.03 bits per heavy atom. The van der Waals surface area contributed by atoms with Crippen molar-refractivity contribution < 1.29 is 22.8 Å². The zero-order valence-corrected chi connectivity index (χ0v) is 17.9. The van der Waals surface area contributed by atoms with E-state index in [1.807, 2.05) is 19.3 Å². The van der Waals surface area contributed by atoms with Gasteiger partial charge in [0.2, 0.25) is 10.0 Å². The van der Waals surface area contributed by atoms with Crippen LogP contribution in [0.4, 0.5) is 0 Å². The van der Waals surface area contributed by atoms with Crippen molar-refractivity contribution in [3.63, 3.8) is 0 Å². The summed E-state index contributed by atoms with van der Waals surface area (Å²) >= 11 is 0. The highest BCUT2D eigenvalue weighted by atomic mass is 32.2. The van der Waals surface area contributed by atoms with Crippen LogP contribution < -0.4 is 16.2 Å². The van der Waals surface area contributed by atoms with E-state index in [4.69, 9.17) is 0 Å². The maximum Gasteiger partial charge on any atom is 0.327 e. The Morgan fingerprint density at radius 2 is 1.52 bits per heavy atom. The van der Waals surface area contributed by atoms with Crippen molar-refractivity contribution in [2.45, 2.75) is 45.1 Å². The second kappa shape index (κ2) is 9.36. The smallest absolute Gasteiger partial charge is 0.327 e. The van der Waals surface area contributed by atoms with Gasteiger partial charge in [-0.05, 0) is 56.4 Å². The number of carbonyl (C=O) groups excluding carboxylic acids is 3. The summed E-state index contributed by atoms with van der Waals surface area (Å²) in [6.07, 6.45) is 0.992. The van der Waals surface area contributed by atoms with Crippen LogP contribution in [-0.2, 0) is 19.6 Å². The second-order valence-electron chi connectivity index (χ2n) is 7.83. The van der Waals surface area contributed by atoms with Gasteiger partial charge in [0.15, 0.2) is 0 Å². The lowest BCUT2D eigenvalue weighted by Gasteiger charge is -2.34. The van der Waals surface area contributed by atoms with Crippen LogP contribution in [0, 0.1) is 11.8 Å². The molecule has 3 amide bonds. The maximum atomic E-state index is 12.9. The molecule has 1 aromatic carbocycles. The Balaban J connectivity index is 2.01. The van der Waals surface area contributed by atoms with Crippen molar-refractivity contribution in [2.24, 2.45) is 11.8 Å². The Bertz CT molecular complexity index is 857. The van der Waals surface area contributed by atoms with Crippen LogP contribution in [0.3, 0.4) is 0 Å². The molecule has 3 N–H and O–H groups in total. The third kappa shape index (κ3) is 6.01. The highest BCUT2D eigenvalue weighted by Gasteiger charge is 2.31.